The molecule has 0 unspecified atom stereocenters. The lowest BCUT2D eigenvalue weighted by Gasteiger charge is -2.10. The molecule has 2 rings (SSSR count). The molecule has 0 spiro atoms. The number of alkyl halides is 3. The molecule has 2 aromatic rings. The van der Waals surface area contributed by atoms with E-state index in [1.807, 2.05) is 0 Å². The van der Waals surface area contributed by atoms with Gasteiger partial charge in [-0.25, -0.2) is 4.98 Å². The Morgan fingerprint density at radius 2 is 1.95 bits per heavy atom. The standard InChI is InChI=1S/C11H7ClF3N3O/c12-8-9(16)17-5-18-10(8)19-7-3-1-2-6(4-7)11(13,14)15/h1-5H,(H2,16,17,18). The second kappa shape index (κ2) is 4.93. The lowest BCUT2D eigenvalue weighted by molar-refractivity contribution is -0.137. The van der Waals surface area contributed by atoms with Crippen molar-refractivity contribution in [1.29, 1.82) is 0 Å². The summed E-state index contributed by atoms with van der Waals surface area (Å²) in [4.78, 5) is 7.31. The molecule has 0 saturated carbocycles. The van der Waals surface area contributed by atoms with E-state index >= 15 is 0 Å². The van der Waals surface area contributed by atoms with Gasteiger partial charge in [0, 0.05) is 0 Å². The van der Waals surface area contributed by atoms with Gasteiger partial charge < -0.3 is 10.5 Å². The maximum absolute atomic E-state index is 12.5. The van der Waals surface area contributed by atoms with Crippen molar-refractivity contribution in [3.05, 3.63) is 41.2 Å². The molecule has 4 nitrogen and oxygen atoms in total. The molecule has 19 heavy (non-hydrogen) atoms. The predicted octanol–water partition coefficient (Wildman–Crippen LogP) is 3.52. The van der Waals surface area contributed by atoms with Crippen LogP contribution in [0.1, 0.15) is 5.56 Å². The van der Waals surface area contributed by atoms with Crippen LogP contribution in [0.5, 0.6) is 11.6 Å². The molecule has 1 aromatic heterocycles. The van der Waals surface area contributed by atoms with Crippen molar-refractivity contribution in [3.63, 3.8) is 0 Å². The maximum atomic E-state index is 12.5. The second-order valence-electron chi connectivity index (χ2n) is 3.51. The highest BCUT2D eigenvalue weighted by molar-refractivity contribution is 6.34. The molecule has 8 heteroatoms. The number of rotatable bonds is 2. The van der Waals surface area contributed by atoms with Gasteiger partial charge >= 0.3 is 6.18 Å². The van der Waals surface area contributed by atoms with E-state index in [1.54, 1.807) is 0 Å². The summed E-state index contributed by atoms with van der Waals surface area (Å²) < 4.78 is 42.7. The Kier molecular flexibility index (Phi) is 3.48. The predicted molar refractivity (Wildman–Crippen MR) is 63.0 cm³/mol. The first-order chi connectivity index (χ1) is 8.88. The van der Waals surface area contributed by atoms with E-state index in [9.17, 15) is 13.2 Å². The van der Waals surface area contributed by atoms with Crippen LogP contribution in [-0.2, 0) is 6.18 Å². The maximum Gasteiger partial charge on any atom is 0.416 e. The summed E-state index contributed by atoms with van der Waals surface area (Å²) in [6.07, 6.45) is -3.35. The molecule has 0 aliphatic rings. The number of hydrogen-bond donors (Lipinski definition) is 1. The Bertz CT molecular complexity index is 604. The van der Waals surface area contributed by atoms with Crippen molar-refractivity contribution in [1.82, 2.24) is 9.97 Å². The monoisotopic (exact) mass is 289 g/mol. The van der Waals surface area contributed by atoms with Gasteiger partial charge in [0.2, 0.25) is 5.88 Å². The Labute approximate surface area is 111 Å². The second-order valence-corrected chi connectivity index (χ2v) is 3.88. The fourth-order valence-electron chi connectivity index (χ4n) is 1.29. The number of halogens is 4. The van der Waals surface area contributed by atoms with Gasteiger partial charge in [0.05, 0.1) is 5.56 Å². The van der Waals surface area contributed by atoms with Crippen LogP contribution in [0.25, 0.3) is 0 Å². The summed E-state index contributed by atoms with van der Waals surface area (Å²) >= 11 is 5.78. The minimum absolute atomic E-state index is 0.0151. The van der Waals surface area contributed by atoms with Crippen LogP contribution in [-0.4, -0.2) is 9.97 Å². The van der Waals surface area contributed by atoms with E-state index in [2.05, 4.69) is 9.97 Å². The van der Waals surface area contributed by atoms with Gasteiger partial charge in [0.25, 0.3) is 0 Å². The lowest BCUT2D eigenvalue weighted by atomic mass is 10.2. The van der Waals surface area contributed by atoms with E-state index < -0.39 is 11.7 Å². The van der Waals surface area contributed by atoms with Gasteiger partial charge in [-0.05, 0) is 18.2 Å². The van der Waals surface area contributed by atoms with E-state index in [-0.39, 0.29) is 22.5 Å². The number of aromatic nitrogens is 2. The first kappa shape index (κ1) is 13.4. The van der Waals surface area contributed by atoms with Crippen molar-refractivity contribution in [2.45, 2.75) is 6.18 Å². The molecule has 0 fully saturated rings. The molecule has 0 radical (unpaired) electrons. The molecule has 100 valence electrons. The number of nitrogen functional groups attached to an aromatic ring is 1. The zero-order chi connectivity index (χ0) is 14.0. The van der Waals surface area contributed by atoms with Crippen LogP contribution in [0.2, 0.25) is 5.02 Å². The van der Waals surface area contributed by atoms with Gasteiger partial charge in [0.1, 0.15) is 22.9 Å². The first-order valence-corrected chi connectivity index (χ1v) is 5.37. The number of hydrogen-bond acceptors (Lipinski definition) is 4. The van der Waals surface area contributed by atoms with Crippen LogP contribution < -0.4 is 10.5 Å². The van der Waals surface area contributed by atoms with Gasteiger partial charge in [-0.1, -0.05) is 17.7 Å². The Balaban J connectivity index is 2.31. The summed E-state index contributed by atoms with van der Waals surface area (Å²) in [5.41, 5.74) is 4.60. The largest absolute Gasteiger partial charge is 0.437 e. The summed E-state index contributed by atoms with van der Waals surface area (Å²) in [6, 6.07) is 4.35. The zero-order valence-electron chi connectivity index (χ0n) is 9.28. The first-order valence-electron chi connectivity index (χ1n) is 4.99. The van der Waals surface area contributed by atoms with E-state index in [0.717, 1.165) is 18.5 Å². The summed E-state index contributed by atoms with van der Waals surface area (Å²) in [7, 11) is 0. The number of nitrogens with zero attached hydrogens (tertiary/aromatic N) is 2. The number of ether oxygens (including phenoxy) is 1. The van der Waals surface area contributed by atoms with E-state index in [4.69, 9.17) is 22.1 Å². The molecule has 0 aliphatic carbocycles. The van der Waals surface area contributed by atoms with Gasteiger partial charge in [-0.15, -0.1) is 0 Å². The highest BCUT2D eigenvalue weighted by atomic mass is 35.5. The average Bonchev–Trinajstić information content (AvgIpc) is 2.34. The average molecular weight is 290 g/mol. The minimum Gasteiger partial charge on any atom is -0.437 e. The van der Waals surface area contributed by atoms with Crippen LogP contribution >= 0.6 is 11.6 Å². The smallest absolute Gasteiger partial charge is 0.416 e. The van der Waals surface area contributed by atoms with Crippen LogP contribution in [0.15, 0.2) is 30.6 Å². The number of anilines is 1. The summed E-state index contributed by atoms with van der Waals surface area (Å²) in [6.45, 7) is 0. The normalized spacial score (nSPS) is 11.4. The third-order valence-electron chi connectivity index (χ3n) is 2.16. The van der Waals surface area contributed by atoms with Crippen LogP contribution in [0, 0.1) is 0 Å². The fraction of sp³-hybridized carbons (Fsp3) is 0.0909. The topological polar surface area (TPSA) is 61.0 Å². The van der Waals surface area contributed by atoms with Crippen molar-refractivity contribution in [3.8, 4) is 11.6 Å². The van der Waals surface area contributed by atoms with Crippen molar-refractivity contribution < 1.29 is 17.9 Å². The van der Waals surface area contributed by atoms with Crippen molar-refractivity contribution in [2.75, 3.05) is 5.73 Å². The van der Waals surface area contributed by atoms with Gasteiger partial charge in [-0.3, -0.25) is 0 Å². The van der Waals surface area contributed by atoms with Crippen LogP contribution in [0.3, 0.4) is 0 Å². The van der Waals surface area contributed by atoms with Gasteiger partial charge in [-0.2, -0.15) is 18.2 Å². The van der Waals surface area contributed by atoms with Crippen LogP contribution in [0.4, 0.5) is 19.0 Å². The SMILES string of the molecule is Nc1ncnc(Oc2cccc(C(F)(F)F)c2)c1Cl. The third kappa shape index (κ3) is 3.05. The zero-order valence-corrected chi connectivity index (χ0v) is 10.0. The van der Waals surface area contributed by atoms with Gasteiger partial charge in [0.15, 0.2) is 0 Å². The third-order valence-corrected chi connectivity index (χ3v) is 2.52. The van der Waals surface area contributed by atoms with E-state index in [0.29, 0.717) is 0 Å². The molecule has 1 aromatic carbocycles. The lowest BCUT2D eigenvalue weighted by Crippen LogP contribution is -2.04. The Hall–Kier alpha value is -2.02. The Morgan fingerprint density at radius 3 is 2.63 bits per heavy atom. The molecule has 0 aliphatic heterocycles. The molecule has 0 amide bonds. The summed E-state index contributed by atoms with van der Waals surface area (Å²) in [5.74, 6) is -0.165. The molecule has 2 N–H and O–H groups in total. The van der Waals surface area contributed by atoms with E-state index in [1.165, 1.54) is 12.1 Å². The number of nitrogens with two attached hydrogens (primary N) is 1. The molecule has 0 saturated heterocycles. The minimum atomic E-state index is -4.45. The van der Waals surface area contributed by atoms with Crippen molar-refractivity contribution in [2.24, 2.45) is 0 Å². The highest BCUT2D eigenvalue weighted by Crippen LogP contribution is 2.34. The Morgan fingerprint density at radius 1 is 1.21 bits per heavy atom. The quantitative estimate of drug-likeness (QED) is 0.919. The molecular formula is C11H7ClF3N3O. The molecular weight excluding hydrogens is 283 g/mol. The summed E-state index contributed by atoms with van der Waals surface area (Å²) in [5, 5.41) is -0.0556. The number of benzene rings is 1. The molecule has 0 bridgehead atoms. The fourth-order valence-corrected chi connectivity index (χ4v) is 1.42. The molecule has 1 heterocycles. The van der Waals surface area contributed by atoms with Crippen molar-refractivity contribution >= 4 is 17.4 Å². The highest BCUT2D eigenvalue weighted by Gasteiger charge is 2.30. The molecule has 0 atom stereocenters.